The predicted molar refractivity (Wildman–Crippen MR) is 182 cm³/mol. The van der Waals surface area contributed by atoms with Crippen LogP contribution in [-0.2, 0) is 26.1 Å². The van der Waals surface area contributed by atoms with E-state index in [9.17, 15) is 4.39 Å². The summed E-state index contributed by atoms with van der Waals surface area (Å²) in [7, 11) is 0. The van der Waals surface area contributed by atoms with Crippen LogP contribution < -0.4 is 5.32 Å². The molecule has 0 atom stereocenters. The third-order valence-corrected chi connectivity index (χ3v) is 8.78. The van der Waals surface area contributed by atoms with Crippen molar-refractivity contribution >= 4 is 49.4 Å². The van der Waals surface area contributed by atoms with Crippen molar-refractivity contribution in [2.24, 2.45) is 0 Å². The maximum atomic E-state index is 13.6. The van der Waals surface area contributed by atoms with Crippen molar-refractivity contribution in [2.75, 3.05) is 5.32 Å². The number of hydrogen-bond acceptors (Lipinski definition) is 3. The SMILES string of the molecule is Fc1ccc(Cn2c3ccccc3c3cc(CNc4nccc5c6ccccc6n(CCCc6ccccc6)c45)ncc32)cc1. The summed E-state index contributed by atoms with van der Waals surface area (Å²) < 4.78 is 18.2. The molecule has 0 fully saturated rings. The Morgan fingerprint density at radius 2 is 1.33 bits per heavy atom. The zero-order valence-electron chi connectivity index (χ0n) is 24.8. The third-order valence-electron chi connectivity index (χ3n) is 8.78. The Kier molecular flexibility index (Phi) is 6.95. The first-order valence-electron chi connectivity index (χ1n) is 15.5. The van der Waals surface area contributed by atoms with Crippen LogP contribution in [0.3, 0.4) is 0 Å². The first kappa shape index (κ1) is 27.1. The van der Waals surface area contributed by atoms with E-state index in [4.69, 9.17) is 9.97 Å². The average Bonchev–Trinajstić information content (AvgIpc) is 3.58. The molecule has 4 aromatic carbocycles. The van der Waals surface area contributed by atoms with Crippen molar-refractivity contribution in [1.82, 2.24) is 19.1 Å². The van der Waals surface area contributed by atoms with Crippen molar-refractivity contribution in [3.05, 3.63) is 150 Å². The van der Waals surface area contributed by atoms with E-state index in [0.717, 1.165) is 58.4 Å². The van der Waals surface area contributed by atoms with Gasteiger partial charge in [-0.25, -0.2) is 9.37 Å². The number of halogens is 1. The summed E-state index contributed by atoms with van der Waals surface area (Å²) in [5.41, 5.74) is 7.89. The van der Waals surface area contributed by atoms with Gasteiger partial charge >= 0.3 is 0 Å². The summed E-state index contributed by atoms with van der Waals surface area (Å²) in [6.07, 6.45) is 5.92. The molecule has 8 rings (SSSR count). The molecule has 5 nitrogen and oxygen atoms in total. The van der Waals surface area contributed by atoms with Crippen molar-refractivity contribution < 1.29 is 4.39 Å². The normalized spacial score (nSPS) is 11.7. The largest absolute Gasteiger partial charge is 0.363 e. The summed E-state index contributed by atoms with van der Waals surface area (Å²) in [4.78, 5) is 9.71. The highest BCUT2D eigenvalue weighted by Crippen LogP contribution is 2.34. The van der Waals surface area contributed by atoms with E-state index >= 15 is 0 Å². The van der Waals surface area contributed by atoms with E-state index < -0.39 is 0 Å². The molecule has 220 valence electrons. The number of pyridine rings is 2. The summed E-state index contributed by atoms with van der Waals surface area (Å²) >= 11 is 0. The number of anilines is 1. The van der Waals surface area contributed by atoms with E-state index in [1.165, 1.54) is 39.4 Å². The minimum absolute atomic E-state index is 0.225. The fourth-order valence-electron chi connectivity index (χ4n) is 6.65. The number of rotatable bonds is 9. The molecule has 1 N–H and O–H groups in total. The lowest BCUT2D eigenvalue weighted by Gasteiger charge is -2.12. The van der Waals surface area contributed by atoms with Gasteiger partial charge in [-0.05, 0) is 60.4 Å². The zero-order chi connectivity index (χ0) is 30.2. The van der Waals surface area contributed by atoms with Crippen LogP contribution in [0.25, 0.3) is 43.6 Å². The van der Waals surface area contributed by atoms with Crippen molar-refractivity contribution in [2.45, 2.75) is 32.5 Å². The molecule has 0 aliphatic heterocycles. The smallest absolute Gasteiger partial charge is 0.150 e. The van der Waals surface area contributed by atoms with Gasteiger partial charge in [-0.1, -0.05) is 78.9 Å². The van der Waals surface area contributed by atoms with Gasteiger partial charge < -0.3 is 14.5 Å². The van der Waals surface area contributed by atoms with Gasteiger partial charge in [0.05, 0.1) is 29.5 Å². The van der Waals surface area contributed by atoms with Crippen molar-refractivity contribution in [3.63, 3.8) is 0 Å². The molecular weight excluding hydrogens is 557 g/mol. The van der Waals surface area contributed by atoms with Crippen molar-refractivity contribution in [1.29, 1.82) is 0 Å². The highest BCUT2D eigenvalue weighted by Gasteiger charge is 2.16. The molecule has 0 saturated heterocycles. The highest BCUT2D eigenvalue weighted by molar-refractivity contribution is 6.11. The molecule has 4 heterocycles. The lowest BCUT2D eigenvalue weighted by molar-refractivity contribution is 0.626. The number of hydrogen-bond donors (Lipinski definition) is 1. The van der Waals surface area contributed by atoms with E-state index in [-0.39, 0.29) is 5.82 Å². The van der Waals surface area contributed by atoms with Gasteiger partial charge in [0.1, 0.15) is 5.82 Å². The molecular formula is C39H32FN5. The fourth-order valence-corrected chi connectivity index (χ4v) is 6.65. The Hall–Kier alpha value is -5.49. The molecule has 0 unspecified atom stereocenters. The van der Waals surface area contributed by atoms with Crippen molar-refractivity contribution in [3.8, 4) is 0 Å². The zero-order valence-corrected chi connectivity index (χ0v) is 24.8. The van der Waals surface area contributed by atoms with Crippen LogP contribution in [0.2, 0.25) is 0 Å². The van der Waals surface area contributed by atoms with Crippen LogP contribution in [0.15, 0.2) is 128 Å². The number of para-hydroxylation sites is 2. The van der Waals surface area contributed by atoms with Crippen LogP contribution in [0, 0.1) is 5.82 Å². The predicted octanol–water partition coefficient (Wildman–Crippen LogP) is 9.12. The molecule has 0 amide bonds. The van der Waals surface area contributed by atoms with Crippen LogP contribution >= 0.6 is 0 Å². The van der Waals surface area contributed by atoms with Gasteiger partial charge in [0.25, 0.3) is 0 Å². The Balaban J connectivity index is 1.12. The summed E-state index contributed by atoms with van der Waals surface area (Å²) in [5.74, 6) is 0.640. The summed E-state index contributed by atoms with van der Waals surface area (Å²) in [6, 6.07) is 38.8. The monoisotopic (exact) mass is 589 g/mol. The van der Waals surface area contributed by atoms with Crippen LogP contribution in [-0.4, -0.2) is 19.1 Å². The lowest BCUT2D eigenvalue weighted by Crippen LogP contribution is -2.07. The Morgan fingerprint density at radius 1 is 0.622 bits per heavy atom. The Labute approximate surface area is 260 Å². The maximum absolute atomic E-state index is 13.6. The van der Waals surface area contributed by atoms with E-state index in [2.05, 4.69) is 105 Å². The second-order valence-electron chi connectivity index (χ2n) is 11.6. The quantitative estimate of drug-likeness (QED) is 0.183. The Morgan fingerprint density at radius 3 is 2.13 bits per heavy atom. The number of nitrogens with one attached hydrogen (secondary N) is 1. The molecule has 0 aliphatic carbocycles. The maximum Gasteiger partial charge on any atom is 0.150 e. The molecule has 0 radical (unpaired) electrons. The van der Waals surface area contributed by atoms with Gasteiger partial charge in [-0.15, -0.1) is 0 Å². The Bertz CT molecular complexity index is 2280. The first-order chi connectivity index (χ1) is 22.2. The third kappa shape index (κ3) is 5.08. The molecule has 0 bridgehead atoms. The fraction of sp³-hybridized carbons (Fsp3) is 0.128. The molecule has 45 heavy (non-hydrogen) atoms. The highest BCUT2D eigenvalue weighted by atomic mass is 19.1. The number of benzene rings is 4. The second-order valence-corrected chi connectivity index (χ2v) is 11.6. The molecule has 8 aromatic rings. The van der Waals surface area contributed by atoms with E-state index in [1.54, 1.807) is 0 Å². The minimum atomic E-state index is -0.225. The first-order valence-corrected chi connectivity index (χ1v) is 15.5. The van der Waals surface area contributed by atoms with Crippen LogP contribution in [0.4, 0.5) is 10.2 Å². The number of fused-ring (bicyclic) bond motifs is 6. The minimum Gasteiger partial charge on any atom is -0.363 e. The van der Waals surface area contributed by atoms with Gasteiger partial charge in [-0.2, -0.15) is 0 Å². The van der Waals surface area contributed by atoms with E-state index in [1.807, 2.05) is 24.5 Å². The van der Waals surface area contributed by atoms with Gasteiger partial charge in [0, 0.05) is 51.9 Å². The second kappa shape index (κ2) is 11.5. The molecule has 0 spiro atoms. The lowest BCUT2D eigenvalue weighted by atomic mass is 10.1. The standard InChI is InChI=1S/C39H32FN5/c40-29-18-16-28(17-19-29)26-45-36-15-7-5-13-32(36)34-23-30(42-25-37(34)45)24-43-39-38-33(20-21-41-39)31-12-4-6-14-35(31)44(38)22-8-11-27-9-2-1-3-10-27/h1-7,9-10,12-21,23,25H,8,11,22,24,26H2,(H,41,43). The molecule has 6 heteroatoms. The molecule has 0 saturated carbocycles. The summed E-state index contributed by atoms with van der Waals surface area (Å²) in [5, 5.41) is 8.42. The number of nitrogens with zero attached hydrogens (tertiary/aromatic N) is 4. The molecule has 4 aromatic heterocycles. The number of aromatic nitrogens is 4. The molecule has 0 aliphatic rings. The van der Waals surface area contributed by atoms with Crippen LogP contribution in [0.1, 0.15) is 23.2 Å². The van der Waals surface area contributed by atoms with Crippen LogP contribution in [0.5, 0.6) is 0 Å². The van der Waals surface area contributed by atoms with Gasteiger partial charge in [0.15, 0.2) is 5.82 Å². The van der Waals surface area contributed by atoms with Gasteiger partial charge in [0.2, 0.25) is 0 Å². The topological polar surface area (TPSA) is 47.7 Å². The van der Waals surface area contributed by atoms with E-state index in [0.29, 0.717) is 13.1 Å². The van der Waals surface area contributed by atoms with Gasteiger partial charge in [-0.3, -0.25) is 4.98 Å². The average molecular weight is 590 g/mol. The summed E-state index contributed by atoms with van der Waals surface area (Å²) in [6.45, 7) is 2.09. The number of aryl methyl sites for hydroxylation is 2.